The Bertz CT molecular complexity index is 189. The molecule has 0 aliphatic heterocycles. The van der Waals surface area contributed by atoms with Gasteiger partial charge in [0.05, 0.1) is 26.9 Å². The molecule has 0 saturated carbocycles. The summed E-state index contributed by atoms with van der Waals surface area (Å²) in [5.41, 5.74) is 0. The molecule has 0 heterocycles. The monoisotopic (exact) mass is 363 g/mol. The second kappa shape index (κ2) is 9.38. The fraction of sp³-hybridized carbons (Fsp3) is 0.900. The molecule has 6 heteroatoms. The molecule has 0 unspecified atom stereocenters. The molecule has 0 aromatic carbocycles. The van der Waals surface area contributed by atoms with Crippen LogP contribution in [0.1, 0.15) is 6.92 Å². The summed E-state index contributed by atoms with van der Waals surface area (Å²) in [7, 11) is 3.41. The molecule has 0 radical (unpaired) electrons. The third-order valence-corrected chi connectivity index (χ3v) is 3.41. The van der Waals surface area contributed by atoms with Gasteiger partial charge in [0.15, 0.2) is 0 Å². The molecule has 0 aromatic rings. The molecule has 0 aliphatic rings. The smallest absolute Gasteiger partial charge is 0.110 e. The van der Waals surface area contributed by atoms with Gasteiger partial charge in [-0.25, -0.2) is 0 Å². The largest absolute Gasteiger partial charge is 0.550 e. The number of hydrogen-bond acceptors (Lipinski definition) is 3. The number of hydrogen-bond donors (Lipinski definition) is 1. The summed E-state index contributed by atoms with van der Waals surface area (Å²) < 4.78 is 0.965. The Kier molecular flexibility index (Phi) is 12.7. The van der Waals surface area contributed by atoms with E-state index in [0.29, 0.717) is 6.61 Å². The van der Waals surface area contributed by atoms with E-state index in [-0.39, 0.29) is 24.0 Å². The minimum absolute atomic E-state index is 0. The van der Waals surface area contributed by atoms with Crippen LogP contribution in [0.15, 0.2) is 0 Å². The second-order valence-electron chi connectivity index (χ2n) is 5.59. The molecule has 0 aliphatic carbocycles. The normalized spacial score (nSPS) is 10.9. The lowest BCUT2D eigenvalue weighted by Gasteiger charge is -2.34. The van der Waals surface area contributed by atoms with Crippen molar-refractivity contribution in [1.82, 2.24) is 0 Å². The van der Waals surface area contributed by atoms with Gasteiger partial charge in [-0.05, 0) is 6.92 Å². The van der Waals surface area contributed by atoms with E-state index in [1.165, 1.54) is 6.17 Å². The van der Waals surface area contributed by atoms with Gasteiger partial charge in [0.1, 0.15) is 14.6 Å². The van der Waals surface area contributed by atoms with E-state index in [1.54, 1.807) is 0 Å². The third kappa shape index (κ3) is 23.9. The Hall–Kier alpha value is 0.337. The van der Waals surface area contributed by atoms with Gasteiger partial charge in [0, 0.05) is 5.97 Å². The molecule has 0 rings (SSSR count). The number of aliphatic carboxylic acids is 1. The van der Waals surface area contributed by atoms with Crippen molar-refractivity contribution in [1.29, 1.82) is 0 Å². The van der Waals surface area contributed by atoms with Crippen LogP contribution in [0.3, 0.4) is 0 Å². The number of carbonyl (C=O) groups is 1. The van der Waals surface area contributed by atoms with Gasteiger partial charge in [0.25, 0.3) is 0 Å². The number of rotatable bonds is 4. The number of likely N-dealkylation sites (N-methyl/N-ethyl adjacent to an activating group) is 1. The quantitative estimate of drug-likeness (QED) is 0.444. The number of carboxylic acids is 1. The summed E-state index contributed by atoms with van der Waals surface area (Å²) in [6.07, 6.45) is 1.24. The van der Waals surface area contributed by atoms with Gasteiger partial charge >= 0.3 is 0 Å². The topological polar surface area (TPSA) is 60.4 Å². The lowest BCUT2D eigenvalue weighted by Crippen LogP contribution is -2.51. The highest BCUT2D eigenvalue weighted by molar-refractivity contribution is 14.0. The Morgan fingerprint density at radius 3 is 1.81 bits per heavy atom. The molecular formula is C10H26INO3Si. The summed E-state index contributed by atoms with van der Waals surface area (Å²) in [5.74, 6) is -1.08. The van der Waals surface area contributed by atoms with Crippen LogP contribution in [0, 0.1) is 0 Å². The van der Waals surface area contributed by atoms with Gasteiger partial charge in [-0.1, -0.05) is 19.6 Å². The summed E-state index contributed by atoms with van der Waals surface area (Å²) in [6, 6.07) is 0. The van der Waals surface area contributed by atoms with Crippen LogP contribution in [-0.4, -0.2) is 57.0 Å². The average molecular weight is 363 g/mol. The number of aliphatic hydroxyl groups excluding tert-OH is 1. The van der Waals surface area contributed by atoms with E-state index < -0.39 is 14.0 Å². The number of nitrogens with zero attached hydrogens (tertiary/aromatic N) is 1. The van der Waals surface area contributed by atoms with Crippen LogP contribution in [0.25, 0.3) is 0 Å². The van der Waals surface area contributed by atoms with Crippen molar-refractivity contribution >= 4 is 38.0 Å². The van der Waals surface area contributed by atoms with Crippen molar-refractivity contribution in [2.45, 2.75) is 26.6 Å². The van der Waals surface area contributed by atoms with Gasteiger partial charge < -0.3 is 19.5 Å². The van der Waals surface area contributed by atoms with Crippen LogP contribution in [-0.2, 0) is 4.79 Å². The van der Waals surface area contributed by atoms with E-state index in [1.807, 2.05) is 0 Å². The molecule has 4 nitrogen and oxygen atoms in total. The van der Waals surface area contributed by atoms with Gasteiger partial charge in [-0.2, -0.15) is 0 Å². The first kappa shape index (κ1) is 21.6. The first-order chi connectivity index (χ1) is 6.50. The van der Waals surface area contributed by atoms with E-state index in [4.69, 9.17) is 15.0 Å². The number of halogens is 1. The number of carboxylic acid groups (broad SMARTS) is 1. The minimum atomic E-state index is -1.08. The molecule has 0 spiro atoms. The zero-order valence-corrected chi connectivity index (χ0v) is 14.6. The van der Waals surface area contributed by atoms with Crippen molar-refractivity contribution in [3.63, 3.8) is 0 Å². The Balaban J connectivity index is -0.000000292. The molecule has 0 aromatic heterocycles. The van der Waals surface area contributed by atoms with Gasteiger partial charge in [-0.3, -0.25) is 0 Å². The highest BCUT2D eigenvalue weighted by Gasteiger charge is 2.25. The Morgan fingerprint density at radius 2 is 1.62 bits per heavy atom. The van der Waals surface area contributed by atoms with Crippen LogP contribution in [0.4, 0.5) is 0 Å². The predicted octanol–water partition coefficient (Wildman–Crippen LogP) is 0.307. The van der Waals surface area contributed by atoms with Crippen molar-refractivity contribution < 1.29 is 19.5 Å². The molecule has 0 fully saturated rings. The molecule has 0 amide bonds. The molecular weight excluding hydrogens is 337 g/mol. The summed E-state index contributed by atoms with van der Waals surface area (Å²) in [4.78, 5) is 8.89. The van der Waals surface area contributed by atoms with Crippen molar-refractivity contribution in [2.75, 3.05) is 33.4 Å². The first-order valence-corrected chi connectivity index (χ1v) is 8.81. The van der Waals surface area contributed by atoms with Gasteiger partial charge in [-0.15, -0.1) is 24.0 Å². The van der Waals surface area contributed by atoms with Crippen LogP contribution < -0.4 is 5.11 Å². The molecule has 0 saturated heterocycles. The second-order valence-corrected chi connectivity index (χ2v) is 11.0. The predicted molar refractivity (Wildman–Crippen MR) is 78.4 cm³/mol. The lowest BCUT2D eigenvalue weighted by atomic mass is 10.5. The fourth-order valence-corrected chi connectivity index (χ4v) is 4.36. The highest BCUT2D eigenvalue weighted by atomic mass is 127. The number of aliphatic hydroxyl groups is 1. The average Bonchev–Trinajstić information content (AvgIpc) is 1.77. The molecule has 0 atom stereocenters. The summed E-state index contributed by atoms with van der Waals surface area (Å²) in [6.45, 7) is 9.25. The van der Waals surface area contributed by atoms with Crippen molar-refractivity contribution in [2.24, 2.45) is 0 Å². The maximum atomic E-state index is 8.89. The molecule has 100 valence electrons. The van der Waals surface area contributed by atoms with Crippen LogP contribution in [0.5, 0.6) is 0 Å². The molecule has 0 bridgehead atoms. The fourth-order valence-electron chi connectivity index (χ4n) is 1.63. The SMILES string of the molecule is CC(=O)[O-].C[N+](C)(CCO)C[Si](C)(C)C.I. The third-order valence-electron chi connectivity index (χ3n) is 1.61. The van der Waals surface area contributed by atoms with E-state index in [2.05, 4.69) is 33.7 Å². The summed E-state index contributed by atoms with van der Waals surface area (Å²) >= 11 is 0. The van der Waals surface area contributed by atoms with E-state index in [9.17, 15) is 0 Å². The zero-order chi connectivity index (χ0) is 12.7. The maximum Gasteiger partial charge on any atom is 0.110 e. The van der Waals surface area contributed by atoms with Gasteiger partial charge in [0.2, 0.25) is 0 Å². The zero-order valence-electron chi connectivity index (χ0n) is 11.2. The van der Waals surface area contributed by atoms with Crippen LogP contribution >= 0.6 is 24.0 Å². The lowest BCUT2D eigenvalue weighted by molar-refractivity contribution is -0.880. The minimum Gasteiger partial charge on any atom is -0.550 e. The molecule has 1 N–H and O–H groups in total. The standard InChI is InChI=1S/C8H22NOSi.C2H4O2.HI/c1-9(2,6-7-10)8-11(3,4)5;1-2(3)4;/h10H,6-8H2,1-5H3;1H3,(H,3,4);1H/q+1;;/p-1. The number of quaternary nitrogens is 1. The Morgan fingerprint density at radius 1 is 1.31 bits per heavy atom. The molecule has 16 heavy (non-hydrogen) atoms. The Labute approximate surface area is 117 Å². The first-order valence-electron chi connectivity index (χ1n) is 5.10. The van der Waals surface area contributed by atoms with E-state index in [0.717, 1.165) is 18.0 Å². The highest BCUT2D eigenvalue weighted by Crippen LogP contribution is 2.07. The van der Waals surface area contributed by atoms with Crippen molar-refractivity contribution in [3.05, 3.63) is 0 Å². The number of carbonyl (C=O) groups excluding carboxylic acids is 1. The van der Waals surface area contributed by atoms with E-state index >= 15 is 0 Å². The van der Waals surface area contributed by atoms with Crippen LogP contribution in [0.2, 0.25) is 19.6 Å². The van der Waals surface area contributed by atoms with Crippen molar-refractivity contribution in [3.8, 4) is 0 Å². The summed E-state index contributed by atoms with van der Waals surface area (Å²) in [5, 5.41) is 17.7. The maximum absolute atomic E-state index is 8.89.